The number of hydrogen-bond donors (Lipinski definition) is 2. The number of carbonyl (C=O) groups is 1. The van der Waals surface area contributed by atoms with Crippen LogP contribution in [0.15, 0.2) is 42.6 Å². The second kappa shape index (κ2) is 10.1. The lowest BCUT2D eigenvalue weighted by Crippen LogP contribution is -2.33. The summed E-state index contributed by atoms with van der Waals surface area (Å²) in [5, 5.41) is 12.0. The summed E-state index contributed by atoms with van der Waals surface area (Å²) in [4.78, 5) is 18.7. The van der Waals surface area contributed by atoms with Crippen LogP contribution in [0.25, 0.3) is 0 Å². The molecule has 4 atom stereocenters. The molecule has 9 heteroatoms. The first kappa shape index (κ1) is 24.2. The highest BCUT2D eigenvalue weighted by Gasteiger charge is 2.57. The number of pyridine rings is 1. The fraction of sp³-hybridized carbons (Fsp3) is 0.520. The minimum atomic E-state index is -2.58. The van der Waals surface area contributed by atoms with E-state index in [1.54, 1.807) is 19.2 Å². The van der Waals surface area contributed by atoms with Crippen LogP contribution in [0.2, 0.25) is 0 Å². The predicted octanol–water partition coefficient (Wildman–Crippen LogP) is 3.37. The van der Waals surface area contributed by atoms with Crippen LogP contribution in [-0.4, -0.2) is 60.4 Å². The van der Waals surface area contributed by atoms with Crippen molar-refractivity contribution in [3.63, 3.8) is 0 Å². The Morgan fingerprint density at radius 1 is 1.24 bits per heavy atom. The Balaban J connectivity index is 1.24. The van der Waals surface area contributed by atoms with Gasteiger partial charge in [-0.25, -0.2) is 13.8 Å². The van der Waals surface area contributed by atoms with Gasteiger partial charge in [-0.15, -0.1) is 0 Å². The van der Waals surface area contributed by atoms with Crippen molar-refractivity contribution in [3.05, 3.63) is 48.2 Å². The third kappa shape index (κ3) is 6.14. The minimum absolute atomic E-state index is 0.00689. The molecule has 1 aliphatic carbocycles. The first-order chi connectivity index (χ1) is 16.2. The van der Waals surface area contributed by atoms with Gasteiger partial charge >= 0.3 is 0 Å². The van der Waals surface area contributed by atoms with E-state index in [1.165, 1.54) is 0 Å². The molecule has 1 saturated carbocycles. The maximum absolute atomic E-state index is 13.0. The zero-order valence-electron chi connectivity index (χ0n) is 19.4. The number of benzene rings is 1. The quantitative estimate of drug-likeness (QED) is 0.548. The van der Waals surface area contributed by atoms with E-state index in [4.69, 9.17) is 9.47 Å². The molecule has 1 amide bonds. The van der Waals surface area contributed by atoms with E-state index in [0.717, 1.165) is 30.1 Å². The molecule has 1 aliphatic heterocycles. The first-order valence-electron chi connectivity index (χ1n) is 11.7. The van der Waals surface area contributed by atoms with Crippen molar-refractivity contribution < 1.29 is 28.2 Å². The van der Waals surface area contributed by atoms with Gasteiger partial charge in [0, 0.05) is 25.9 Å². The fourth-order valence-corrected chi connectivity index (χ4v) is 3.90. The van der Waals surface area contributed by atoms with E-state index in [2.05, 4.69) is 15.2 Å². The second-order valence-electron chi connectivity index (χ2n) is 9.18. The molecule has 2 fully saturated rings. The molecule has 1 aromatic carbocycles. The summed E-state index contributed by atoms with van der Waals surface area (Å²) in [5.41, 5.74) is 0.875. The minimum Gasteiger partial charge on any atom is -0.491 e. The topological polar surface area (TPSA) is 83.9 Å². The number of ether oxygens (including phenoxy) is 2. The molecular weight excluding hydrogens is 444 g/mol. The number of halogens is 2. The van der Waals surface area contributed by atoms with Crippen molar-refractivity contribution >= 4 is 11.7 Å². The number of aliphatic hydroxyl groups excluding tert-OH is 1. The van der Waals surface area contributed by atoms with E-state index in [1.807, 2.05) is 37.3 Å². The summed E-state index contributed by atoms with van der Waals surface area (Å²) < 4.78 is 37.5. The van der Waals surface area contributed by atoms with Gasteiger partial charge in [-0.05, 0) is 43.7 Å². The lowest BCUT2D eigenvalue weighted by atomic mass is 10.0. The Hall–Kier alpha value is -2.94. The molecule has 2 aliphatic rings. The Labute approximate surface area is 198 Å². The van der Waals surface area contributed by atoms with Crippen molar-refractivity contribution in [2.24, 2.45) is 5.92 Å². The molecule has 2 heterocycles. The van der Waals surface area contributed by atoms with Crippen molar-refractivity contribution in [2.45, 2.75) is 50.7 Å². The van der Waals surface area contributed by atoms with Crippen molar-refractivity contribution in [2.75, 3.05) is 31.1 Å². The molecule has 1 aromatic heterocycles. The van der Waals surface area contributed by atoms with Crippen LogP contribution < -0.4 is 19.7 Å². The normalized spacial score (nSPS) is 22.7. The number of hydrogen-bond acceptors (Lipinski definition) is 6. The first-order valence-corrected chi connectivity index (χ1v) is 11.7. The number of alkyl halides is 2. The third-order valence-electron chi connectivity index (χ3n) is 6.24. The van der Waals surface area contributed by atoms with E-state index in [9.17, 15) is 18.7 Å². The third-order valence-corrected chi connectivity index (χ3v) is 6.24. The number of aromatic nitrogens is 1. The van der Waals surface area contributed by atoms with Crippen LogP contribution in [0, 0.1) is 5.92 Å². The van der Waals surface area contributed by atoms with Gasteiger partial charge in [0.05, 0.1) is 37.3 Å². The maximum atomic E-state index is 13.0. The molecule has 34 heavy (non-hydrogen) atoms. The Bertz CT molecular complexity index is 969. The van der Waals surface area contributed by atoms with Crippen LogP contribution in [0.4, 0.5) is 14.6 Å². The Kier molecular flexibility index (Phi) is 7.21. The average Bonchev–Trinajstić information content (AvgIpc) is 3.19. The molecule has 1 saturated heterocycles. The van der Waals surface area contributed by atoms with Crippen LogP contribution >= 0.6 is 0 Å². The summed E-state index contributed by atoms with van der Waals surface area (Å²) in [6.45, 7) is 5.17. The number of amides is 1. The van der Waals surface area contributed by atoms with E-state index >= 15 is 0 Å². The van der Waals surface area contributed by atoms with Gasteiger partial charge in [-0.1, -0.05) is 12.1 Å². The molecule has 0 spiro atoms. The predicted molar refractivity (Wildman–Crippen MR) is 124 cm³/mol. The van der Waals surface area contributed by atoms with E-state index in [-0.39, 0.29) is 37.5 Å². The Morgan fingerprint density at radius 3 is 2.56 bits per heavy atom. The SMILES string of the molecule is CC(C(=O)NC[C@@H](C)O)c1ccc(OC2CCN(c3ccc(OCC4CC4(F)F)cn3)C2)cc1. The number of rotatable bonds is 10. The lowest BCUT2D eigenvalue weighted by Gasteiger charge is -2.19. The largest absolute Gasteiger partial charge is 0.491 e. The molecule has 0 radical (unpaired) electrons. The van der Waals surface area contributed by atoms with Crippen LogP contribution in [0.3, 0.4) is 0 Å². The summed E-state index contributed by atoms with van der Waals surface area (Å²) in [6, 6.07) is 11.1. The van der Waals surface area contributed by atoms with Gasteiger partial charge in [-0.3, -0.25) is 4.79 Å². The molecule has 3 unspecified atom stereocenters. The highest BCUT2D eigenvalue weighted by Crippen LogP contribution is 2.48. The molecule has 2 N–H and O–H groups in total. The number of nitrogens with one attached hydrogen (secondary N) is 1. The fourth-order valence-electron chi connectivity index (χ4n) is 3.90. The highest BCUT2D eigenvalue weighted by atomic mass is 19.3. The van der Waals surface area contributed by atoms with E-state index in [0.29, 0.717) is 12.3 Å². The standard InChI is InChI=1S/C25H31F2N3O4/c1-16(31)12-29-24(32)17(2)18-3-5-20(6-4-18)34-22-9-10-30(14-22)23-8-7-21(13-28-23)33-15-19-11-25(19,26)27/h3-8,13,16-17,19,22,31H,9-12,14-15H2,1-2H3,(H,29,32)/t16-,17?,19?,22?/m1/s1. The van der Waals surface area contributed by atoms with Gasteiger partial charge in [0.25, 0.3) is 5.92 Å². The molecular formula is C25H31F2N3O4. The van der Waals surface area contributed by atoms with Crippen LogP contribution in [0.5, 0.6) is 11.5 Å². The van der Waals surface area contributed by atoms with Gasteiger partial charge in [0.2, 0.25) is 5.91 Å². The van der Waals surface area contributed by atoms with Gasteiger partial charge in [0.1, 0.15) is 23.4 Å². The van der Waals surface area contributed by atoms with Crippen LogP contribution in [0.1, 0.15) is 38.2 Å². The number of carbonyl (C=O) groups excluding carboxylic acids is 1. The van der Waals surface area contributed by atoms with Crippen molar-refractivity contribution in [3.8, 4) is 11.5 Å². The lowest BCUT2D eigenvalue weighted by molar-refractivity contribution is -0.122. The molecule has 0 bridgehead atoms. The smallest absolute Gasteiger partial charge is 0.255 e. The van der Waals surface area contributed by atoms with Crippen molar-refractivity contribution in [1.29, 1.82) is 0 Å². The summed E-state index contributed by atoms with van der Waals surface area (Å²) in [7, 11) is 0. The number of anilines is 1. The molecule has 4 rings (SSSR count). The summed E-state index contributed by atoms with van der Waals surface area (Å²) >= 11 is 0. The summed E-state index contributed by atoms with van der Waals surface area (Å²) in [5.74, 6) is -1.70. The van der Waals surface area contributed by atoms with Crippen LogP contribution in [-0.2, 0) is 4.79 Å². The second-order valence-corrected chi connectivity index (χ2v) is 9.18. The van der Waals surface area contributed by atoms with Crippen molar-refractivity contribution in [1.82, 2.24) is 10.3 Å². The Morgan fingerprint density at radius 2 is 1.94 bits per heavy atom. The van der Waals surface area contributed by atoms with Gasteiger partial charge in [0.15, 0.2) is 0 Å². The molecule has 184 valence electrons. The maximum Gasteiger partial charge on any atom is 0.255 e. The average molecular weight is 476 g/mol. The van der Waals surface area contributed by atoms with E-state index < -0.39 is 17.9 Å². The highest BCUT2D eigenvalue weighted by molar-refractivity contribution is 5.83. The summed E-state index contributed by atoms with van der Waals surface area (Å²) in [6.07, 6.45) is 1.74. The number of nitrogens with zero attached hydrogens (tertiary/aromatic N) is 2. The monoisotopic (exact) mass is 475 g/mol. The van der Waals surface area contributed by atoms with Gasteiger partial charge < -0.3 is 24.8 Å². The zero-order valence-corrected chi connectivity index (χ0v) is 19.4. The molecule has 2 aromatic rings. The zero-order chi connectivity index (χ0) is 24.3. The van der Waals surface area contributed by atoms with Gasteiger partial charge in [-0.2, -0.15) is 0 Å². The molecule has 7 nitrogen and oxygen atoms in total. The number of aliphatic hydroxyl groups is 1.